The first kappa shape index (κ1) is 25.2. The topological polar surface area (TPSA) is 9.86 Å². The molecule has 2 heterocycles. The normalized spacial score (nSPS) is 11.9. The van der Waals surface area contributed by atoms with Crippen LogP contribution in [0.1, 0.15) is 0 Å². The van der Waals surface area contributed by atoms with Crippen molar-refractivity contribution in [3.63, 3.8) is 0 Å². The smallest absolute Gasteiger partial charge is 0.0547 e. The summed E-state index contributed by atoms with van der Waals surface area (Å²) in [7, 11) is 0. The molecule has 46 heavy (non-hydrogen) atoms. The molecule has 2 nitrogen and oxygen atoms in total. The number of aromatic nitrogens is 2. The third kappa shape index (κ3) is 3.59. The number of hydrogen-bond donors (Lipinski definition) is 0. The zero-order valence-corrected chi connectivity index (χ0v) is 25.1. The molecule has 0 aliphatic heterocycles. The minimum atomic E-state index is 1.17. The van der Waals surface area contributed by atoms with Crippen molar-refractivity contribution in [1.29, 1.82) is 0 Å². The molecule has 0 bridgehead atoms. The lowest BCUT2D eigenvalue weighted by atomic mass is 9.96. The predicted molar refractivity (Wildman–Crippen MR) is 196 cm³/mol. The van der Waals surface area contributed by atoms with E-state index in [1.54, 1.807) is 0 Å². The first-order valence-electron chi connectivity index (χ1n) is 15.9. The molecular weight excluding hydrogens is 556 g/mol. The van der Waals surface area contributed by atoms with Crippen molar-refractivity contribution < 1.29 is 0 Å². The largest absolute Gasteiger partial charge is 0.309 e. The molecule has 2 aromatic heterocycles. The van der Waals surface area contributed by atoms with Gasteiger partial charge in [0.2, 0.25) is 0 Å². The third-order valence-electron chi connectivity index (χ3n) is 9.67. The first-order valence-corrected chi connectivity index (χ1v) is 15.9. The van der Waals surface area contributed by atoms with Crippen LogP contribution in [0.2, 0.25) is 0 Å². The highest BCUT2D eigenvalue weighted by molar-refractivity contribution is 6.28. The van der Waals surface area contributed by atoms with Crippen LogP contribution in [0.4, 0.5) is 0 Å². The minimum Gasteiger partial charge on any atom is -0.309 e. The summed E-state index contributed by atoms with van der Waals surface area (Å²) in [5.74, 6) is 0. The SMILES string of the molecule is c1ccc(-n2c3ccccc3c3cc(-c4ccc5c(c4)c4c6c(ccc7ccccc76)ccc4n5-c4ccccc4)ccc32)cc1. The molecule has 10 rings (SSSR count). The summed E-state index contributed by atoms with van der Waals surface area (Å²) in [4.78, 5) is 0. The summed E-state index contributed by atoms with van der Waals surface area (Å²) in [6, 6.07) is 62.0. The van der Waals surface area contributed by atoms with E-state index in [2.05, 4.69) is 179 Å². The number of nitrogens with zero attached hydrogens (tertiary/aromatic N) is 2. The van der Waals surface area contributed by atoms with Gasteiger partial charge < -0.3 is 9.13 Å². The Morgan fingerprint density at radius 1 is 0.283 bits per heavy atom. The van der Waals surface area contributed by atoms with Gasteiger partial charge in [-0.3, -0.25) is 0 Å². The highest BCUT2D eigenvalue weighted by atomic mass is 15.0. The first-order chi connectivity index (χ1) is 22.8. The number of para-hydroxylation sites is 3. The van der Waals surface area contributed by atoms with Gasteiger partial charge in [-0.2, -0.15) is 0 Å². The summed E-state index contributed by atoms with van der Waals surface area (Å²) in [5.41, 5.74) is 9.67. The van der Waals surface area contributed by atoms with E-state index in [1.807, 2.05) is 0 Å². The lowest BCUT2D eigenvalue weighted by molar-refractivity contribution is 1.18. The average molecular weight is 585 g/mol. The number of benzene rings is 8. The van der Waals surface area contributed by atoms with Crippen LogP contribution in [0.25, 0.3) is 87.7 Å². The Bertz CT molecular complexity index is 2780. The zero-order valence-electron chi connectivity index (χ0n) is 25.1. The predicted octanol–water partition coefficient (Wildman–Crippen LogP) is 11.9. The molecule has 0 amide bonds. The van der Waals surface area contributed by atoms with E-state index in [9.17, 15) is 0 Å². The van der Waals surface area contributed by atoms with Crippen molar-refractivity contribution in [3.8, 4) is 22.5 Å². The van der Waals surface area contributed by atoms with Gasteiger partial charge in [-0.25, -0.2) is 0 Å². The zero-order chi connectivity index (χ0) is 30.2. The monoisotopic (exact) mass is 584 g/mol. The molecule has 0 spiro atoms. The van der Waals surface area contributed by atoms with Crippen molar-refractivity contribution >= 4 is 65.2 Å². The molecule has 0 fully saturated rings. The molecule has 0 saturated heterocycles. The fourth-order valence-electron chi connectivity index (χ4n) is 7.65. The number of hydrogen-bond acceptors (Lipinski definition) is 0. The van der Waals surface area contributed by atoms with E-state index < -0.39 is 0 Å². The minimum absolute atomic E-state index is 1.17. The maximum absolute atomic E-state index is 2.42. The summed E-state index contributed by atoms with van der Waals surface area (Å²) in [6.07, 6.45) is 0. The van der Waals surface area contributed by atoms with Gasteiger partial charge in [0.05, 0.1) is 22.1 Å². The Hall–Kier alpha value is -6.12. The van der Waals surface area contributed by atoms with Crippen molar-refractivity contribution in [2.75, 3.05) is 0 Å². The molecular formula is C44H28N2. The molecule has 2 heteroatoms. The van der Waals surface area contributed by atoms with Crippen LogP contribution in [0.15, 0.2) is 170 Å². The van der Waals surface area contributed by atoms with Crippen molar-refractivity contribution in [2.24, 2.45) is 0 Å². The highest BCUT2D eigenvalue weighted by Gasteiger charge is 2.18. The Morgan fingerprint density at radius 2 is 0.783 bits per heavy atom. The Kier molecular flexibility index (Phi) is 5.31. The van der Waals surface area contributed by atoms with Gasteiger partial charge in [-0.1, -0.05) is 109 Å². The average Bonchev–Trinajstić information content (AvgIpc) is 3.64. The molecule has 0 N–H and O–H groups in total. The van der Waals surface area contributed by atoms with Crippen molar-refractivity contribution in [1.82, 2.24) is 9.13 Å². The van der Waals surface area contributed by atoms with E-state index in [0.29, 0.717) is 0 Å². The fraction of sp³-hybridized carbons (Fsp3) is 0. The second-order valence-electron chi connectivity index (χ2n) is 12.2. The van der Waals surface area contributed by atoms with Crippen LogP contribution in [-0.2, 0) is 0 Å². The van der Waals surface area contributed by atoms with Gasteiger partial charge in [0.15, 0.2) is 0 Å². The summed E-state index contributed by atoms with van der Waals surface area (Å²) in [5, 5.41) is 10.2. The van der Waals surface area contributed by atoms with Gasteiger partial charge in [0.1, 0.15) is 0 Å². The van der Waals surface area contributed by atoms with Crippen LogP contribution < -0.4 is 0 Å². The van der Waals surface area contributed by atoms with Crippen LogP contribution in [0.5, 0.6) is 0 Å². The standard InChI is InChI=1S/C44H28N2/c1-3-12-33(13-4-1)45-39-18-10-9-17-36(39)37-27-31(22-24-40(37)45)32-23-25-41-38(28-32)44-42(46(41)34-14-5-2-6-15-34)26-21-30-20-19-29-11-7-8-16-35(29)43(30)44/h1-28H. The molecule has 214 valence electrons. The van der Waals surface area contributed by atoms with E-state index in [4.69, 9.17) is 0 Å². The highest BCUT2D eigenvalue weighted by Crippen LogP contribution is 2.42. The maximum Gasteiger partial charge on any atom is 0.0547 e. The van der Waals surface area contributed by atoms with E-state index in [1.165, 1.54) is 87.7 Å². The summed E-state index contributed by atoms with van der Waals surface area (Å²) >= 11 is 0. The van der Waals surface area contributed by atoms with Crippen LogP contribution in [-0.4, -0.2) is 9.13 Å². The van der Waals surface area contributed by atoms with E-state index in [0.717, 1.165) is 0 Å². The molecule has 0 unspecified atom stereocenters. The molecule has 0 aliphatic rings. The van der Waals surface area contributed by atoms with Crippen LogP contribution >= 0.6 is 0 Å². The van der Waals surface area contributed by atoms with Crippen molar-refractivity contribution in [3.05, 3.63) is 170 Å². The summed E-state index contributed by atoms with van der Waals surface area (Å²) in [6.45, 7) is 0. The lowest BCUT2D eigenvalue weighted by Crippen LogP contribution is -1.93. The summed E-state index contributed by atoms with van der Waals surface area (Å²) < 4.78 is 4.80. The third-order valence-corrected chi connectivity index (χ3v) is 9.67. The van der Waals surface area contributed by atoms with Crippen LogP contribution in [0, 0.1) is 0 Å². The van der Waals surface area contributed by atoms with Gasteiger partial charge in [-0.05, 0) is 93.3 Å². The lowest BCUT2D eigenvalue weighted by Gasteiger charge is -2.09. The molecule has 10 aromatic rings. The Labute approximate surface area is 266 Å². The van der Waals surface area contributed by atoms with Crippen LogP contribution in [0.3, 0.4) is 0 Å². The molecule has 8 aromatic carbocycles. The van der Waals surface area contributed by atoms with Gasteiger partial charge >= 0.3 is 0 Å². The second kappa shape index (κ2) is 9.69. The Morgan fingerprint density at radius 3 is 1.52 bits per heavy atom. The number of rotatable bonds is 3. The van der Waals surface area contributed by atoms with E-state index >= 15 is 0 Å². The van der Waals surface area contributed by atoms with Crippen molar-refractivity contribution in [2.45, 2.75) is 0 Å². The molecule has 0 saturated carbocycles. The van der Waals surface area contributed by atoms with E-state index in [-0.39, 0.29) is 0 Å². The second-order valence-corrected chi connectivity index (χ2v) is 12.2. The molecule has 0 radical (unpaired) electrons. The molecule has 0 atom stereocenters. The van der Waals surface area contributed by atoms with Gasteiger partial charge in [-0.15, -0.1) is 0 Å². The number of fused-ring (bicyclic) bond motifs is 10. The fourth-order valence-corrected chi connectivity index (χ4v) is 7.65. The van der Waals surface area contributed by atoms with Gasteiger partial charge in [0, 0.05) is 32.9 Å². The molecule has 0 aliphatic carbocycles. The van der Waals surface area contributed by atoms with Gasteiger partial charge in [0.25, 0.3) is 0 Å². The Balaban J connectivity index is 1.28. The maximum atomic E-state index is 2.42. The quantitative estimate of drug-likeness (QED) is 0.183.